The maximum Gasteiger partial charge on any atom is 0.254 e. The molecule has 1 aromatic carbocycles. The minimum absolute atomic E-state index is 0.0859. The summed E-state index contributed by atoms with van der Waals surface area (Å²) in [5.41, 5.74) is 1.70. The predicted octanol–water partition coefficient (Wildman–Crippen LogP) is 3.09. The van der Waals surface area contributed by atoms with Crippen LogP contribution in [0, 0.1) is 11.3 Å². The number of thioether (sulfide) groups is 1. The largest absolute Gasteiger partial charge is 0.329 e. The van der Waals surface area contributed by atoms with Crippen LogP contribution in [-0.4, -0.2) is 33.4 Å². The first-order valence-corrected chi connectivity index (χ1v) is 8.49. The van der Waals surface area contributed by atoms with Crippen molar-refractivity contribution in [2.24, 2.45) is 7.05 Å². The SMILES string of the molecule is CCCN(CC#N)C(=O)c1cccc(CSc2nccn2C)c1. The lowest BCUT2D eigenvalue weighted by Gasteiger charge is -2.19. The third kappa shape index (κ3) is 4.60. The fourth-order valence-corrected chi connectivity index (χ4v) is 3.10. The molecule has 1 heterocycles. The molecular formula is C17H20N4OS. The van der Waals surface area contributed by atoms with E-state index in [9.17, 15) is 4.79 Å². The summed E-state index contributed by atoms with van der Waals surface area (Å²) in [6.45, 7) is 2.72. The van der Waals surface area contributed by atoms with Gasteiger partial charge in [0.25, 0.3) is 5.91 Å². The van der Waals surface area contributed by atoms with Crippen molar-refractivity contribution < 1.29 is 4.79 Å². The van der Waals surface area contributed by atoms with Crippen LogP contribution in [-0.2, 0) is 12.8 Å². The maximum atomic E-state index is 12.5. The zero-order valence-corrected chi connectivity index (χ0v) is 14.2. The molecule has 0 spiro atoms. The van der Waals surface area contributed by atoms with Gasteiger partial charge < -0.3 is 9.47 Å². The number of hydrogen-bond acceptors (Lipinski definition) is 4. The lowest BCUT2D eigenvalue weighted by Crippen LogP contribution is -2.32. The Kier molecular flexibility index (Phi) is 6.24. The van der Waals surface area contributed by atoms with Crippen LogP contribution in [0.5, 0.6) is 0 Å². The van der Waals surface area contributed by atoms with E-state index in [1.807, 2.05) is 42.9 Å². The van der Waals surface area contributed by atoms with E-state index in [4.69, 9.17) is 5.26 Å². The van der Waals surface area contributed by atoms with Crippen LogP contribution in [0.4, 0.5) is 0 Å². The van der Waals surface area contributed by atoms with E-state index in [2.05, 4.69) is 11.1 Å². The number of carbonyl (C=O) groups excluding carboxylic acids is 1. The molecule has 0 bridgehead atoms. The molecule has 2 aromatic rings. The van der Waals surface area contributed by atoms with Crippen LogP contribution < -0.4 is 0 Å². The average molecular weight is 328 g/mol. The van der Waals surface area contributed by atoms with Gasteiger partial charge in [-0.3, -0.25) is 4.79 Å². The van der Waals surface area contributed by atoms with Gasteiger partial charge in [-0.05, 0) is 24.1 Å². The number of nitrogens with zero attached hydrogens (tertiary/aromatic N) is 4. The molecule has 0 saturated heterocycles. The van der Waals surface area contributed by atoms with Crippen LogP contribution >= 0.6 is 11.8 Å². The van der Waals surface area contributed by atoms with Crippen molar-refractivity contribution in [3.05, 3.63) is 47.8 Å². The Bertz CT molecular complexity index is 705. The number of rotatable bonds is 7. The Balaban J connectivity index is 2.08. The highest BCUT2D eigenvalue weighted by atomic mass is 32.2. The Morgan fingerprint density at radius 2 is 2.30 bits per heavy atom. The van der Waals surface area contributed by atoms with E-state index < -0.39 is 0 Å². The summed E-state index contributed by atoms with van der Waals surface area (Å²) in [6, 6.07) is 9.65. The number of aromatic nitrogens is 2. The van der Waals surface area contributed by atoms with Gasteiger partial charge in [-0.2, -0.15) is 5.26 Å². The molecule has 0 aliphatic heterocycles. The van der Waals surface area contributed by atoms with Gasteiger partial charge in [-0.15, -0.1) is 0 Å². The van der Waals surface area contributed by atoms with Crippen molar-refractivity contribution in [2.45, 2.75) is 24.3 Å². The monoisotopic (exact) mass is 328 g/mol. The Labute approximate surface area is 140 Å². The second kappa shape index (κ2) is 8.39. The summed E-state index contributed by atoms with van der Waals surface area (Å²) in [4.78, 5) is 18.4. The van der Waals surface area contributed by atoms with E-state index in [0.29, 0.717) is 12.1 Å². The number of carbonyl (C=O) groups is 1. The van der Waals surface area contributed by atoms with Gasteiger partial charge in [0.1, 0.15) is 6.54 Å². The minimum atomic E-state index is -0.0859. The Hall–Kier alpha value is -2.26. The second-order valence-electron chi connectivity index (χ2n) is 5.19. The average Bonchev–Trinajstić information content (AvgIpc) is 2.97. The molecule has 0 aliphatic rings. The van der Waals surface area contributed by atoms with Gasteiger partial charge in [0.05, 0.1) is 6.07 Å². The van der Waals surface area contributed by atoms with E-state index >= 15 is 0 Å². The summed E-state index contributed by atoms with van der Waals surface area (Å²) in [5, 5.41) is 9.82. The highest BCUT2D eigenvalue weighted by Crippen LogP contribution is 2.21. The highest BCUT2D eigenvalue weighted by Gasteiger charge is 2.15. The molecule has 0 atom stereocenters. The van der Waals surface area contributed by atoms with E-state index in [0.717, 1.165) is 22.9 Å². The van der Waals surface area contributed by atoms with Crippen molar-refractivity contribution in [1.82, 2.24) is 14.5 Å². The summed E-state index contributed by atoms with van der Waals surface area (Å²) in [5.74, 6) is 0.662. The van der Waals surface area contributed by atoms with Gasteiger partial charge in [0, 0.05) is 37.3 Å². The highest BCUT2D eigenvalue weighted by molar-refractivity contribution is 7.98. The molecule has 1 aromatic heterocycles. The van der Waals surface area contributed by atoms with E-state index in [-0.39, 0.29) is 12.5 Å². The number of nitriles is 1. The van der Waals surface area contributed by atoms with Gasteiger partial charge in [0.2, 0.25) is 0 Å². The zero-order chi connectivity index (χ0) is 16.7. The van der Waals surface area contributed by atoms with Crippen LogP contribution in [0.25, 0.3) is 0 Å². The number of aryl methyl sites for hydroxylation is 1. The number of imidazole rings is 1. The van der Waals surface area contributed by atoms with Gasteiger partial charge in [-0.1, -0.05) is 30.8 Å². The van der Waals surface area contributed by atoms with Gasteiger partial charge in [0.15, 0.2) is 5.16 Å². The number of benzene rings is 1. The quantitative estimate of drug-likeness (QED) is 0.579. The van der Waals surface area contributed by atoms with Crippen molar-refractivity contribution in [3.8, 4) is 6.07 Å². The lowest BCUT2D eigenvalue weighted by atomic mass is 10.1. The third-order valence-corrected chi connectivity index (χ3v) is 4.49. The normalized spacial score (nSPS) is 10.3. The molecule has 1 amide bonds. The topological polar surface area (TPSA) is 61.9 Å². The first-order valence-electron chi connectivity index (χ1n) is 7.51. The molecule has 0 unspecified atom stereocenters. The van der Waals surface area contributed by atoms with Crippen molar-refractivity contribution in [2.75, 3.05) is 13.1 Å². The molecule has 2 rings (SSSR count). The van der Waals surface area contributed by atoms with Crippen LogP contribution in [0.15, 0.2) is 41.8 Å². The Morgan fingerprint density at radius 1 is 1.48 bits per heavy atom. The Morgan fingerprint density at radius 3 is 2.96 bits per heavy atom. The molecular weight excluding hydrogens is 308 g/mol. The molecule has 0 N–H and O–H groups in total. The molecule has 0 radical (unpaired) electrons. The number of amides is 1. The van der Waals surface area contributed by atoms with E-state index in [1.165, 1.54) is 0 Å². The molecule has 0 saturated carbocycles. The standard InChI is InChI=1S/C17H20N4OS/c1-3-9-21(10-7-18)16(22)15-6-4-5-14(12-15)13-23-17-19-8-11-20(17)2/h4-6,8,11-12H,3,9-10,13H2,1-2H3. The summed E-state index contributed by atoms with van der Waals surface area (Å²) >= 11 is 1.63. The molecule has 6 heteroatoms. The molecule has 5 nitrogen and oxygen atoms in total. The molecule has 23 heavy (non-hydrogen) atoms. The third-order valence-electron chi connectivity index (χ3n) is 3.36. The summed E-state index contributed by atoms with van der Waals surface area (Å²) < 4.78 is 1.97. The van der Waals surface area contributed by atoms with Crippen LogP contribution in [0.2, 0.25) is 0 Å². The van der Waals surface area contributed by atoms with Gasteiger partial charge in [-0.25, -0.2) is 4.98 Å². The van der Waals surface area contributed by atoms with E-state index in [1.54, 1.807) is 28.9 Å². The predicted molar refractivity (Wildman–Crippen MR) is 91.0 cm³/mol. The maximum absolute atomic E-state index is 12.5. The first-order chi connectivity index (χ1) is 11.2. The smallest absolute Gasteiger partial charge is 0.254 e. The van der Waals surface area contributed by atoms with Crippen molar-refractivity contribution in [3.63, 3.8) is 0 Å². The molecule has 0 fully saturated rings. The number of hydrogen-bond donors (Lipinski definition) is 0. The molecule has 120 valence electrons. The van der Waals surface area contributed by atoms with Crippen LogP contribution in [0.3, 0.4) is 0 Å². The fraction of sp³-hybridized carbons (Fsp3) is 0.353. The lowest BCUT2D eigenvalue weighted by molar-refractivity contribution is 0.0776. The second-order valence-corrected chi connectivity index (χ2v) is 6.14. The minimum Gasteiger partial charge on any atom is -0.329 e. The summed E-state index contributed by atoms with van der Waals surface area (Å²) in [7, 11) is 1.96. The summed E-state index contributed by atoms with van der Waals surface area (Å²) in [6.07, 6.45) is 4.52. The molecule has 0 aliphatic carbocycles. The zero-order valence-electron chi connectivity index (χ0n) is 13.4. The van der Waals surface area contributed by atoms with Crippen molar-refractivity contribution >= 4 is 17.7 Å². The first kappa shape index (κ1) is 17.1. The van der Waals surface area contributed by atoms with Crippen LogP contribution in [0.1, 0.15) is 29.3 Å². The van der Waals surface area contributed by atoms with Crippen molar-refractivity contribution in [1.29, 1.82) is 5.26 Å². The van der Waals surface area contributed by atoms with Gasteiger partial charge >= 0.3 is 0 Å². The fourth-order valence-electron chi connectivity index (χ4n) is 2.22.